The van der Waals surface area contributed by atoms with Gasteiger partial charge in [-0.15, -0.1) is 0 Å². The lowest BCUT2D eigenvalue weighted by atomic mass is 9.96. The fourth-order valence-corrected chi connectivity index (χ4v) is 3.26. The molecule has 3 rings (SSSR count). The van der Waals surface area contributed by atoms with Gasteiger partial charge in [-0.3, -0.25) is 0 Å². The zero-order valence-electron chi connectivity index (χ0n) is 11.9. The van der Waals surface area contributed by atoms with E-state index in [1.807, 2.05) is 0 Å². The SMILES string of the molecule is c1ccc(C2(CNCCN3CCCCC3)CC2)cc1. The van der Waals surface area contributed by atoms with E-state index >= 15 is 0 Å². The molecule has 2 aliphatic rings. The fourth-order valence-electron chi connectivity index (χ4n) is 3.26. The molecule has 1 aliphatic heterocycles. The molecule has 1 saturated carbocycles. The van der Waals surface area contributed by atoms with E-state index in [1.54, 1.807) is 0 Å². The first kappa shape index (κ1) is 13.1. The van der Waals surface area contributed by atoms with Gasteiger partial charge < -0.3 is 10.2 Å². The van der Waals surface area contributed by atoms with E-state index in [0.29, 0.717) is 5.41 Å². The Balaban J connectivity index is 1.40. The molecule has 0 radical (unpaired) electrons. The van der Waals surface area contributed by atoms with Gasteiger partial charge in [-0.2, -0.15) is 0 Å². The minimum atomic E-state index is 0.461. The molecule has 0 unspecified atom stereocenters. The zero-order valence-corrected chi connectivity index (χ0v) is 11.9. The molecule has 1 N–H and O–H groups in total. The maximum atomic E-state index is 3.69. The normalized spacial score (nSPS) is 22.3. The van der Waals surface area contributed by atoms with Crippen LogP contribution in [0.1, 0.15) is 37.7 Å². The number of piperidine rings is 1. The van der Waals surface area contributed by atoms with Crippen LogP contribution in [-0.2, 0) is 5.41 Å². The Bertz CT molecular complexity index is 378. The second-order valence-corrected chi connectivity index (χ2v) is 6.23. The number of nitrogens with zero attached hydrogens (tertiary/aromatic N) is 1. The molecule has 19 heavy (non-hydrogen) atoms. The molecule has 1 saturated heterocycles. The summed E-state index contributed by atoms with van der Waals surface area (Å²) >= 11 is 0. The second kappa shape index (κ2) is 6.06. The van der Waals surface area contributed by atoms with Crippen molar-refractivity contribution in [3.05, 3.63) is 35.9 Å². The van der Waals surface area contributed by atoms with Gasteiger partial charge in [0, 0.05) is 25.0 Å². The van der Waals surface area contributed by atoms with Crippen LogP contribution in [0, 0.1) is 0 Å². The molecule has 2 heteroatoms. The van der Waals surface area contributed by atoms with Crippen LogP contribution in [-0.4, -0.2) is 37.6 Å². The monoisotopic (exact) mass is 258 g/mol. The molecule has 104 valence electrons. The summed E-state index contributed by atoms with van der Waals surface area (Å²) in [5.74, 6) is 0. The van der Waals surface area contributed by atoms with Crippen molar-refractivity contribution < 1.29 is 0 Å². The summed E-state index contributed by atoms with van der Waals surface area (Å²) < 4.78 is 0. The molecule has 0 amide bonds. The van der Waals surface area contributed by atoms with Crippen molar-refractivity contribution in [3.63, 3.8) is 0 Å². The largest absolute Gasteiger partial charge is 0.315 e. The first-order valence-corrected chi connectivity index (χ1v) is 7.88. The molecule has 1 aromatic carbocycles. The first-order valence-electron chi connectivity index (χ1n) is 7.88. The highest BCUT2D eigenvalue weighted by atomic mass is 15.1. The third kappa shape index (κ3) is 3.37. The molecule has 1 aliphatic carbocycles. The van der Waals surface area contributed by atoms with Crippen LogP contribution in [0.15, 0.2) is 30.3 Å². The van der Waals surface area contributed by atoms with Crippen molar-refractivity contribution in [1.29, 1.82) is 0 Å². The standard InChI is InChI=1S/C17H26N2/c1-3-7-16(8-4-1)17(9-10-17)15-18-11-14-19-12-5-2-6-13-19/h1,3-4,7-8,18H,2,5-6,9-15H2. The summed E-state index contributed by atoms with van der Waals surface area (Å²) in [6.45, 7) is 6.15. The van der Waals surface area contributed by atoms with Gasteiger partial charge in [-0.1, -0.05) is 36.8 Å². The summed E-state index contributed by atoms with van der Waals surface area (Å²) in [5.41, 5.74) is 1.99. The lowest BCUT2D eigenvalue weighted by molar-refractivity contribution is 0.228. The van der Waals surface area contributed by atoms with Gasteiger partial charge in [0.25, 0.3) is 0 Å². The molecule has 0 spiro atoms. The van der Waals surface area contributed by atoms with Crippen molar-refractivity contribution in [2.45, 2.75) is 37.5 Å². The maximum Gasteiger partial charge on any atom is 0.0107 e. The van der Waals surface area contributed by atoms with Crippen LogP contribution in [0.2, 0.25) is 0 Å². The third-order valence-electron chi connectivity index (χ3n) is 4.76. The third-order valence-corrected chi connectivity index (χ3v) is 4.76. The fraction of sp³-hybridized carbons (Fsp3) is 0.647. The van der Waals surface area contributed by atoms with Gasteiger partial charge in [-0.05, 0) is 44.3 Å². The van der Waals surface area contributed by atoms with Gasteiger partial charge in [0.15, 0.2) is 0 Å². The molecule has 0 aromatic heterocycles. The molecular weight excluding hydrogens is 232 g/mol. The van der Waals surface area contributed by atoms with Gasteiger partial charge in [0.1, 0.15) is 0 Å². The number of rotatable bonds is 6. The van der Waals surface area contributed by atoms with Crippen LogP contribution in [0.3, 0.4) is 0 Å². The highest BCUT2D eigenvalue weighted by molar-refractivity contribution is 5.31. The van der Waals surface area contributed by atoms with Crippen molar-refractivity contribution in [1.82, 2.24) is 10.2 Å². The van der Waals surface area contributed by atoms with Crippen molar-refractivity contribution in [2.24, 2.45) is 0 Å². The van der Waals surface area contributed by atoms with E-state index < -0.39 is 0 Å². The average Bonchev–Trinajstić information content (AvgIpc) is 3.27. The van der Waals surface area contributed by atoms with Crippen LogP contribution < -0.4 is 5.32 Å². The van der Waals surface area contributed by atoms with Gasteiger partial charge >= 0.3 is 0 Å². The molecule has 2 fully saturated rings. The molecule has 1 heterocycles. The van der Waals surface area contributed by atoms with E-state index in [4.69, 9.17) is 0 Å². The highest BCUT2D eigenvalue weighted by Gasteiger charge is 2.43. The summed E-state index contributed by atoms with van der Waals surface area (Å²) in [6, 6.07) is 11.0. The van der Waals surface area contributed by atoms with Gasteiger partial charge in [0.2, 0.25) is 0 Å². The Morgan fingerprint density at radius 3 is 2.42 bits per heavy atom. The topological polar surface area (TPSA) is 15.3 Å². The van der Waals surface area contributed by atoms with Crippen molar-refractivity contribution in [2.75, 3.05) is 32.7 Å². The van der Waals surface area contributed by atoms with Crippen LogP contribution in [0.5, 0.6) is 0 Å². The Hall–Kier alpha value is -0.860. The number of hydrogen-bond acceptors (Lipinski definition) is 2. The van der Waals surface area contributed by atoms with Gasteiger partial charge in [-0.25, -0.2) is 0 Å². The van der Waals surface area contributed by atoms with Gasteiger partial charge in [0.05, 0.1) is 0 Å². The van der Waals surface area contributed by atoms with Crippen LogP contribution >= 0.6 is 0 Å². The van der Waals surface area contributed by atoms with E-state index in [-0.39, 0.29) is 0 Å². The average molecular weight is 258 g/mol. The second-order valence-electron chi connectivity index (χ2n) is 6.23. The summed E-state index contributed by atoms with van der Waals surface area (Å²) in [6.07, 6.45) is 6.93. The highest BCUT2D eigenvalue weighted by Crippen LogP contribution is 2.47. The van der Waals surface area contributed by atoms with Crippen LogP contribution in [0.4, 0.5) is 0 Å². The molecular formula is C17H26N2. The predicted molar refractivity (Wildman–Crippen MR) is 80.5 cm³/mol. The Kier molecular flexibility index (Phi) is 4.19. The summed E-state index contributed by atoms with van der Waals surface area (Å²) in [5, 5.41) is 3.69. The molecule has 0 bridgehead atoms. The zero-order chi connectivity index (χ0) is 13.0. The molecule has 1 aromatic rings. The minimum Gasteiger partial charge on any atom is -0.315 e. The Morgan fingerprint density at radius 1 is 1.00 bits per heavy atom. The summed E-state index contributed by atoms with van der Waals surface area (Å²) in [4.78, 5) is 2.61. The number of benzene rings is 1. The van der Waals surface area contributed by atoms with Crippen molar-refractivity contribution in [3.8, 4) is 0 Å². The lowest BCUT2D eigenvalue weighted by Gasteiger charge is -2.27. The summed E-state index contributed by atoms with van der Waals surface area (Å²) in [7, 11) is 0. The van der Waals surface area contributed by atoms with E-state index in [9.17, 15) is 0 Å². The minimum absolute atomic E-state index is 0.461. The quantitative estimate of drug-likeness (QED) is 0.789. The Labute approximate surface area is 117 Å². The smallest absolute Gasteiger partial charge is 0.0107 e. The van der Waals surface area contributed by atoms with Crippen molar-refractivity contribution >= 4 is 0 Å². The Morgan fingerprint density at radius 2 is 1.74 bits per heavy atom. The molecule has 0 atom stereocenters. The van der Waals surface area contributed by atoms with E-state index in [1.165, 1.54) is 57.3 Å². The predicted octanol–water partition coefficient (Wildman–Crippen LogP) is 2.79. The maximum absolute atomic E-state index is 3.69. The number of hydrogen-bond donors (Lipinski definition) is 1. The number of likely N-dealkylation sites (tertiary alicyclic amines) is 1. The lowest BCUT2D eigenvalue weighted by Crippen LogP contribution is -2.38. The van der Waals surface area contributed by atoms with E-state index in [0.717, 1.165) is 13.1 Å². The van der Waals surface area contributed by atoms with Crippen LogP contribution in [0.25, 0.3) is 0 Å². The first-order chi connectivity index (χ1) is 9.39. The van der Waals surface area contributed by atoms with E-state index in [2.05, 4.69) is 40.5 Å². The number of nitrogens with one attached hydrogen (secondary N) is 1. The molecule has 2 nitrogen and oxygen atoms in total.